The highest BCUT2D eigenvalue weighted by molar-refractivity contribution is 7.13. The number of anilines is 1. The van der Waals surface area contributed by atoms with E-state index in [4.69, 9.17) is 4.74 Å². The van der Waals surface area contributed by atoms with Gasteiger partial charge in [0.05, 0.1) is 5.60 Å². The topological polar surface area (TPSA) is 47.0 Å². The predicted octanol–water partition coefficient (Wildman–Crippen LogP) is 1.91. The number of nitrogens with zero attached hydrogens (tertiary/aromatic N) is 2. The number of rotatable bonds is 2. The van der Waals surface area contributed by atoms with Gasteiger partial charge in [-0.05, 0) is 26.7 Å². The molecule has 0 bridgehead atoms. The second-order valence-corrected chi connectivity index (χ2v) is 5.02. The Kier molecular flexibility index (Phi) is 2.69. The molecule has 1 aromatic heterocycles. The summed E-state index contributed by atoms with van der Waals surface area (Å²) in [6.45, 7) is 5.07. The first-order chi connectivity index (χ1) is 6.66. The van der Waals surface area contributed by atoms with Crippen LogP contribution in [-0.2, 0) is 4.74 Å². The van der Waals surface area contributed by atoms with Crippen LogP contribution in [0.25, 0.3) is 0 Å². The van der Waals surface area contributed by atoms with Crippen molar-refractivity contribution in [2.24, 2.45) is 0 Å². The standard InChI is InChI=1S/C9H15N3OS/c1-9(2)5-7(3-4-13-9)11-8-12-10-6-14-8/h6-7H,3-5H2,1-2H3,(H,11,12). The second kappa shape index (κ2) is 3.82. The first-order valence-electron chi connectivity index (χ1n) is 4.82. The minimum Gasteiger partial charge on any atom is -0.375 e. The first-order valence-corrected chi connectivity index (χ1v) is 5.70. The van der Waals surface area contributed by atoms with Crippen molar-refractivity contribution in [3.8, 4) is 0 Å². The molecule has 1 N–H and O–H groups in total. The van der Waals surface area contributed by atoms with Gasteiger partial charge in [0.2, 0.25) is 5.13 Å². The van der Waals surface area contributed by atoms with Crippen LogP contribution in [0, 0.1) is 0 Å². The summed E-state index contributed by atoms with van der Waals surface area (Å²) in [5.74, 6) is 0. The zero-order chi connectivity index (χ0) is 10.0. The molecule has 1 unspecified atom stereocenters. The average molecular weight is 213 g/mol. The Morgan fingerprint density at radius 1 is 1.64 bits per heavy atom. The van der Waals surface area contributed by atoms with Crippen LogP contribution in [0.1, 0.15) is 26.7 Å². The van der Waals surface area contributed by atoms with Crippen molar-refractivity contribution < 1.29 is 4.74 Å². The lowest BCUT2D eigenvalue weighted by Crippen LogP contribution is -2.40. The average Bonchev–Trinajstić information content (AvgIpc) is 2.54. The molecule has 1 saturated heterocycles. The molecule has 0 aromatic carbocycles. The number of nitrogens with one attached hydrogen (secondary N) is 1. The van der Waals surface area contributed by atoms with Crippen molar-refractivity contribution in [3.05, 3.63) is 5.51 Å². The number of hydrogen-bond donors (Lipinski definition) is 1. The molecule has 1 aliphatic heterocycles. The number of hydrogen-bond acceptors (Lipinski definition) is 5. The van der Waals surface area contributed by atoms with Crippen molar-refractivity contribution in [1.82, 2.24) is 10.2 Å². The Morgan fingerprint density at radius 3 is 3.14 bits per heavy atom. The van der Waals surface area contributed by atoms with Gasteiger partial charge in [0.15, 0.2) is 0 Å². The van der Waals surface area contributed by atoms with Gasteiger partial charge >= 0.3 is 0 Å². The van der Waals surface area contributed by atoms with Crippen molar-refractivity contribution in [2.75, 3.05) is 11.9 Å². The van der Waals surface area contributed by atoms with Crippen LogP contribution in [0.4, 0.5) is 5.13 Å². The zero-order valence-electron chi connectivity index (χ0n) is 8.49. The van der Waals surface area contributed by atoms with Gasteiger partial charge < -0.3 is 10.1 Å². The van der Waals surface area contributed by atoms with Gasteiger partial charge in [0.25, 0.3) is 0 Å². The maximum Gasteiger partial charge on any atom is 0.205 e. The molecule has 1 atom stereocenters. The molecular weight excluding hydrogens is 198 g/mol. The Balaban J connectivity index is 1.92. The molecule has 4 nitrogen and oxygen atoms in total. The maximum absolute atomic E-state index is 5.64. The normalized spacial score (nSPS) is 26.0. The van der Waals surface area contributed by atoms with E-state index in [9.17, 15) is 0 Å². The molecule has 1 fully saturated rings. The Labute approximate surface area is 87.7 Å². The van der Waals surface area contributed by atoms with Gasteiger partial charge in [0, 0.05) is 12.6 Å². The van der Waals surface area contributed by atoms with Crippen LogP contribution in [0.2, 0.25) is 0 Å². The third-order valence-corrected chi connectivity index (χ3v) is 3.01. The molecular formula is C9H15N3OS. The molecule has 0 saturated carbocycles. The summed E-state index contributed by atoms with van der Waals surface area (Å²) in [5.41, 5.74) is 1.73. The molecule has 2 rings (SSSR count). The van der Waals surface area contributed by atoms with Crippen LogP contribution >= 0.6 is 11.3 Å². The van der Waals surface area contributed by atoms with Crippen molar-refractivity contribution in [1.29, 1.82) is 0 Å². The van der Waals surface area contributed by atoms with Gasteiger partial charge in [-0.25, -0.2) is 0 Å². The molecule has 2 heterocycles. The van der Waals surface area contributed by atoms with Crippen LogP contribution < -0.4 is 5.32 Å². The van der Waals surface area contributed by atoms with Crippen molar-refractivity contribution in [2.45, 2.75) is 38.3 Å². The monoisotopic (exact) mass is 213 g/mol. The van der Waals surface area contributed by atoms with Gasteiger partial charge in [-0.15, -0.1) is 10.2 Å². The van der Waals surface area contributed by atoms with Crippen LogP contribution in [0.15, 0.2) is 5.51 Å². The van der Waals surface area contributed by atoms with E-state index in [2.05, 4.69) is 29.4 Å². The van der Waals surface area contributed by atoms with Crippen LogP contribution in [0.5, 0.6) is 0 Å². The molecule has 14 heavy (non-hydrogen) atoms. The third kappa shape index (κ3) is 2.42. The summed E-state index contributed by atoms with van der Waals surface area (Å²) in [4.78, 5) is 0. The molecule has 0 spiro atoms. The lowest BCUT2D eigenvalue weighted by Gasteiger charge is -2.35. The molecule has 0 radical (unpaired) electrons. The van der Waals surface area contributed by atoms with E-state index in [-0.39, 0.29) is 5.60 Å². The predicted molar refractivity (Wildman–Crippen MR) is 56.6 cm³/mol. The van der Waals surface area contributed by atoms with E-state index in [1.165, 1.54) is 0 Å². The van der Waals surface area contributed by atoms with Gasteiger partial charge in [-0.1, -0.05) is 11.3 Å². The zero-order valence-corrected chi connectivity index (χ0v) is 9.30. The molecule has 0 amide bonds. The molecule has 78 valence electrons. The van der Waals surface area contributed by atoms with Crippen molar-refractivity contribution >= 4 is 16.5 Å². The number of ether oxygens (including phenoxy) is 1. The Bertz CT molecular complexity index is 286. The fourth-order valence-electron chi connectivity index (χ4n) is 1.77. The van der Waals surface area contributed by atoms with Gasteiger partial charge in [0.1, 0.15) is 5.51 Å². The lowest BCUT2D eigenvalue weighted by molar-refractivity contribution is -0.0553. The van der Waals surface area contributed by atoms with E-state index in [0.717, 1.165) is 24.6 Å². The smallest absolute Gasteiger partial charge is 0.205 e. The van der Waals surface area contributed by atoms with E-state index >= 15 is 0 Å². The summed E-state index contributed by atoms with van der Waals surface area (Å²) in [5, 5.41) is 12.1. The minimum absolute atomic E-state index is 0.0133. The van der Waals surface area contributed by atoms with Crippen molar-refractivity contribution in [3.63, 3.8) is 0 Å². The maximum atomic E-state index is 5.64. The fraction of sp³-hybridized carbons (Fsp3) is 0.778. The lowest BCUT2D eigenvalue weighted by atomic mass is 9.94. The molecule has 1 aliphatic rings. The quantitative estimate of drug-likeness (QED) is 0.815. The summed E-state index contributed by atoms with van der Waals surface area (Å²) < 4.78 is 5.64. The molecule has 5 heteroatoms. The van der Waals surface area contributed by atoms with E-state index in [0.29, 0.717) is 6.04 Å². The van der Waals surface area contributed by atoms with Gasteiger partial charge in [-0.2, -0.15) is 0 Å². The van der Waals surface area contributed by atoms with Crippen LogP contribution in [-0.4, -0.2) is 28.4 Å². The summed E-state index contributed by atoms with van der Waals surface area (Å²) in [7, 11) is 0. The third-order valence-electron chi connectivity index (χ3n) is 2.38. The highest BCUT2D eigenvalue weighted by atomic mass is 32.1. The molecule has 1 aromatic rings. The van der Waals surface area contributed by atoms with Crippen LogP contribution in [0.3, 0.4) is 0 Å². The Hall–Kier alpha value is -0.680. The van der Waals surface area contributed by atoms with E-state index in [1.54, 1.807) is 16.8 Å². The van der Waals surface area contributed by atoms with E-state index in [1.807, 2.05) is 0 Å². The second-order valence-electron chi connectivity index (χ2n) is 4.19. The summed E-state index contributed by atoms with van der Waals surface area (Å²) in [6.07, 6.45) is 2.07. The Morgan fingerprint density at radius 2 is 2.50 bits per heavy atom. The summed E-state index contributed by atoms with van der Waals surface area (Å²) >= 11 is 1.54. The summed E-state index contributed by atoms with van der Waals surface area (Å²) in [6, 6.07) is 0.465. The molecule has 0 aliphatic carbocycles. The highest BCUT2D eigenvalue weighted by Gasteiger charge is 2.28. The van der Waals surface area contributed by atoms with E-state index < -0.39 is 0 Å². The minimum atomic E-state index is -0.0133. The fourth-order valence-corrected chi connectivity index (χ4v) is 2.29. The highest BCUT2D eigenvalue weighted by Crippen LogP contribution is 2.26. The van der Waals surface area contributed by atoms with Gasteiger partial charge in [-0.3, -0.25) is 0 Å². The SMILES string of the molecule is CC1(C)CC(Nc2nncs2)CCO1. The largest absolute Gasteiger partial charge is 0.375 e. The first kappa shape index (κ1) is 9.86. The number of aromatic nitrogens is 2.